The van der Waals surface area contributed by atoms with Crippen molar-refractivity contribution < 1.29 is 5.11 Å². The van der Waals surface area contributed by atoms with Crippen LogP contribution in [0, 0.1) is 0 Å². The number of nitrogens with one attached hydrogen (secondary N) is 1. The highest BCUT2D eigenvalue weighted by molar-refractivity contribution is 5.79. The number of hydrogen-bond donors (Lipinski definition) is 2. The van der Waals surface area contributed by atoms with Crippen molar-refractivity contribution >= 4 is 11.5 Å². The van der Waals surface area contributed by atoms with Crippen molar-refractivity contribution in [3.05, 3.63) is 36.7 Å². The fourth-order valence-corrected chi connectivity index (χ4v) is 5.82. The molecule has 2 bridgehead atoms. The molecule has 0 saturated carbocycles. The molecule has 0 spiro atoms. The van der Waals surface area contributed by atoms with Gasteiger partial charge in [-0.05, 0) is 49.4 Å². The monoisotopic (exact) mass is 445 g/mol. The molecule has 2 aromatic heterocycles. The molecular formula is C25H31N7O. The second kappa shape index (κ2) is 8.02. The van der Waals surface area contributed by atoms with Gasteiger partial charge in [-0.2, -0.15) is 5.10 Å². The van der Waals surface area contributed by atoms with Crippen LogP contribution in [0.1, 0.15) is 32.1 Å². The Labute approximate surface area is 194 Å². The molecule has 5 heterocycles. The summed E-state index contributed by atoms with van der Waals surface area (Å²) < 4.78 is 1.76. The van der Waals surface area contributed by atoms with Crippen LogP contribution >= 0.6 is 0 Å². The van der Waals surface area contributed by atoms with Crippen LogP contribution < -0.4 is 15.1 Å². The van der Waals surface area contributed by atoms with Crippen molar-refractivity contribution in [3.8, 4) is 28.1 Å². The van der Waals surface area contributed by atoms with Crippen molar-refractivity contribution in [3.63, 3.8) is 0 Å². The number of phenols is 1. The highest BCUT2D eigenvalue weighted by Crippen LogP contribution is 2.39. The molecule has 3 aromatic rings. The van der Waals surface area contributed by atoms with Gasteiger partial charge in [-0.1, -0.05) is 12.5 Å². The molecule has 6 rings (SSSR count). The van der Waals surface area contributed by atoms with Crippen LogP contribution in [0.3, 0.4) is 0 Å². The van der Waals surface area contributed by atoms with E-state index in [1.54, 1.807) is 16.9 Å². The standard InChI is InChI=1S/C25H31N7O/c1-30-8-9-32(20-11-18-4-3-5-19(12-20)27-18)25-23(30)13-22(28-29-25)21-7-6-16(10-24(21)33)17-14-26-31(2)15-17/h6-7,10,13-15,18-20,27,33H,3-5,8-9,11-12H2,1-2H3/t18-,19+,20?. The molecule has 2 fully saturated rings. The Kier molecular flexibility index (Phi) is 4.98. The topological polar surface area (TPSA) is 82.3 Å². The number of phenolic OH excluding ortho intramolecular Hbond substituents is 1. The summed E-state index contributed by atoms with van der Waals surface area (Å²) in [6.07, 6.45) is 10.0. The molecule has 3 aliphatic heterocycles. The van der Waals surface area contributed by atoms with Crippen molar-refractivity contribution in [2.75, 3.05) is 29.9 Å². The first-order chi connectivity index (χ1) is 16.0. The largest absolute Gasteiger partial charge is 0.507 e. The van der Waals surface area contributed by atoms with Crippen LogP contribution in [0.5, 0.6) is 5.75 Å². The summed E-state index contributed by atoms with van der Waals surface area (Å²) in [5.74, 6) is 1.18. The van der Waals surface area contributed by atoms with Gasteiger partial charge in [-0.25, -0.2) is 0 Å². The van der Waals surface area contributed by atoms with Crippen LogP contribution in [-0.2, 0) is 7.05 Å². The second-order valence-corrected chi connectivity index (χ2v) is 9.80. The summed E-state index contributed by atoms with van der Waals surface area (Å²) in [5, 5.41) is 28.1. The Morgan fingerprint density at radius 1 is 1.00 bits per heavy atom. The van der Waals surface area contributed by atoms with E-state index in [1.807, 2.05) is 25.4 Å². The SMILES string of the molecule is CN1CCN(C2C[C@H]3CCC[C@@H](C2)N3)c2nnc(-c3ccc(-c4cnn(C)c4)cc3O)cc21. The van der Waals surface area contributed by atoms with Gasteiger partial charge in [0.2, 0.25) is 0 Å². The van der Waals surface area contributed by atoms with Gasteiger partial charge in [0.1, 0.15) is 5.75 Å². The van der Waals surface area contributed by atoms with Gasteiger partial charge < -0.3 is 20.2 Å². The van der Waals surface area contributed by atoms with Crippen LogP contribution in [0.25, 0.3) is 22.4 Å². The molecule has 1 unspecified atom stereocenters. The molecule has 8 nitrogen and oxygen atoms in total. The van der Waals surface area contributed by atoms with Crippen molar-refractivity contribution in [2.45, 2.75) is 50.2 Å². The van der Waals surface area contributed by atoms with Crippen LogP contribution in [0.4, 0.5) is 11.5 Å². The normalized spacial score (nSPS) is 24.6. The Bertz CT molecular complexity index is 1160. The first-order valence-corrected chi connectivity index (χ1v) is 12.0. The van der Waals surface area contributed by atoms with Crippen LogP contribution in [0.15, 0.2) is 36.7 Å². The summed E-state index contributed by atoms with van der Waals surface area (Å²) in [5.41, 5.74) is 4.37. The quantitative estimate of drug-likeness (QED) is 0.641. The second-order valence-electron chi connectivity index (χ2n) is 9.80. The van der Waals surface area contributed by atoms with E-state index in [0.717, 1.165) is 35.7 Å². The van der Waals surface area contributed by atoms with E-state index in [9.17, 15) is 5.11 Å². The van der Waals surface area contributed by atoms with Crippen molar-refractivity contribution in [1.82, 2.24) is 25.3 Å². The maximum Gasteiger partial charge on any atom is 0.175 e. The predicted molar refractivity (Wildman–Crippen MR) is 130 cm³/mol. The fraction of sp³-hybridized carbons (Fsp3) is 0.480. The number of anilines is 2. The third-order valence-corrected chi connectivity index (χ3v) is 7.56. The Balaban J connectivity index is 1.31. The number of benzene rings is 1. The molecule has 3 atom stereocenters. The number of nitrogens with zero attached hydrogens (tertiary/aromatic N) is 6. The van der Waals surface area contributed by atoms with Crippen molar-refractivity contribution in [2.24, 2.45) is 7.05 Å². The minimum Gasteiger partial charge on any atom is -0.507 e. The molecule has 1 aromatic carbocycles. The lowest BCUT2D eigenvalue weighted by Gasteiger charge is -2.47. The van der Waals surface area contributed by atoms with E-state index in [4.69, 9.17) is 5.10 Å². The predicted octanol–water partition coefficient (Wildman–Crippen LogP) is 3.18. The van der Waals surface area contributed by atoms with E-state index in [0.29, 0.717) is 29.4 Å². The Morgan fingerprint density at radius 2 is 1.82 bits per heavy atom. The Hall–Kier alpha value is -3.13. The lowest BCUT2D eigenvalue weighted by Crippen LogP contribution is -2.57. The average molecular weight is 446 g/mol. The molecule has 2 N–H and O–H groups in total. The molecular weight excluding hydrogens is 414 g/mol. The summed E-state index contributed by atoms with van der Waals surface area (Å²) in [4.78, 5) is 4.75. The number of aromatic nitrogens is 4. The summed E-state index contributed by atoms with van der Waals surface area (Å²) in [6.45, 7) is 1.94. The summed E-state index contributed by atoms with van der Waals surface area (Å²) >= 11 is 0. The minimum atomic E-state index is 0.201. The number of aromatic hydroxyl groups is 1. The van der Waals surface area contributed by atoms with E-state index in [1.165, 1.54) is 32.1 Å². The number of rotatable bonds is 3. The number of likely N-dealkylation sites (N-methyl/N-ethyl adjacent to an activating group) is 1. The minimum absolute atomic E-state index is 0.201. The third kappa shape index (κ3) is 3.72. The van der Waals surface area contributed by atoms with Gasteiger partial charge in [0, 0.05) is 62.6 Å². The van der Waals surface area contributed by atoms with Crippen LogP contribution in [-0.4, -0.2) is 63.3 Å². The molecule has 0 amide bonds. The van der Waals surface area contributed by atoms with E-state index < -0.39 is 0 Å². The highest BCUT2D eigenvalue weighted by Gasteiger charge is 2.37. The van der Waals surface area contributed by atoms with Crippen LogP contribution in [0.2, 0.25) is 0 Å². The average Bonchev–Trinajstić information content (AvgIpc) is 3.25. The van der Waals surface area contributed by atoms with Gasteiger partial charge in [-0.3, -0.25) is 4.68 Å². The molecule has 0 radical (unpaired) electrons. The lowest BCUT2D eigenvalue weighted by atomic mass is 9.83. The Morgan fingerprint density at radius 3 is 2.55 bits per heavy atom. The zero-order valence-corrected chi connectivity index (χ0v) is 19.3. The van der Waals surface area contributed by atoms with Gasteiger partial charge in [-0.15, -0.1) is 10.2 Å². The van der Waals surface area contributed by atoms with Gasteiger partial charge in [0.05, 0.1) is 17.6 Å². The fourth-order valence-electron chi connectivity index (χ4n) is 5.82. The number of aryl methyl sites for hydroxylation is 1. The van der Waals surface area contributed by atoms with Gasteiger partial charge in [0.25, 0.3) is 0 Å². The molecule has 33 heavy (non-hydrogen) atoms. The smallest absolute Gasteiger partial charge is 0.175 e. The zero-order valence-electron chi connectivity index (χ0n) is 19.3. The van der Waals surface area contributed by atoms with Gasteiger partial charge in [0.15, 0.2) is 5.82 Å². The van der Waals surface area contributed by atoms with Gasteiger partial charge >= 0.3 is 0 Å². The molecule has 0 aliphatic carbocycles. The van der Waals surface area contributed by atoms with E-state index in [-0.39, 0.29) is 5.75 Å². The van der Waals surface area contributed by atoms with E-state index >= 15 is 0 Å². The highest BCUT2D eigenvalue weighted by atomic mass is 16.3. The third-order valence-electron chi connectivity index (χ3n) is 7.56. The summed E-state index contributed by atoms with van der Waals surface area (Å²) in [6, 6.07) is 9.55. The maximum absolute atomic E-state index is 10.8. The van der Waals surface area contributed by atoms with Crippen molar-refractivity contribution in [1.29, 1.82) is 0 Å². The first-order valence-electron chi connectivity index (χ1n) is 12.0. The lowest BCUT2D eigenvalue weighted by molar-refractivity contribution is 0.216. The molecule has 2 saturated heterocycles. The number of piperidine rings is 2. The number of fused-ring (bicyclic) bond motifs is 3. The summed E-state index contributed by atoms with van der Waals surface area (Å²) in [7, 11) is 4.00. The molecule has 3 aliphatic rings. The molecule has 172 valence electrons. The zero-order chi connectivity index (χ0) is 22.5. The first kappa shape index (κ1) is 20.5. The number of hydrogen-bond acceptors (Lipinski definition) is 7. The maximum atomic E-state index is 10.8. The molecule has 8 heteroatoms. The van der Waals surface area contributed by atoms with E-state index in [2.05, 4.69) is 38.4 Å².